The van der Waals surface area contributed by atoms with E-state index in [1.165, 1.54) is 12.8 Å². The second kappa shape index (κ2) is 10.8. The Kier molecular flexibility index (Phi) is 7.78. The van der Waals surface area contributed by atoms with Crippen molar-refractivity contribution in [1.29, 1.82) is 0 Å². The van der Waals surface area contributed by atoms with Crippen LogP contribution in [0.2, 0.25) is 0 Å². The highest BCUT2D eigenvalue weighted by Crippen LogP contribution is 2.46. The molecule has 3 heterocycles. The van der Waals surface area contributed by atoms with Gasteiger partial charge in [0.2, 0.25) is 5.91 Å². The summed E-state index contributed by atoms with van der Waals surface area (Å²) in [5, 5.41) is 5.14. The number of likely N-dealkylation sites (tertiary alicyclic amines) is 1. The van der Waals surface area contributed by atoms with E-state index in [1.807, 2.05) is 17.5 Å². The van der Waals surface area contributed by atoms with Gasteiger partial charge in [-0.15, -0.1) is 11.3 Å². The second-order valence-corrected chi connectivity index (χ2v) is 10.3. The molecule has 7 nitrogen and oxygen atoms in total. The number of hydrogen-bond donors (Lipinski definition) is 1. The molecule has 1 fully saturated rings. The third-order valence-corrected chi connectivity index (χ3v) is 8.06. The second-order valence-electron chi connectivity index (χ2n) is 9.32. The largest absolute Gasteiger partial charge is 0.493 e. The van der Waals surface area contributed by atoms with Crippen LogP contribution in [0.1, 0.15) is 58.9 Å². The highest BCUT2D eigenvalue weighted by atomic mass is 32.1. The highest BCUT2D eigenvalue weighted by molar-refractivity contribution is 7.10. The zero-order chi connectivity index (χ0) is 24.2. The van der Waals surface area contributed by atoms with Gasteiger partial charge in [0.15, 0.2) is 11.5 Å². The molecular weight excluding hydrogens is 450 g/mol. The van der Waals surface area contributed by atoms with E-state index in [4.69, 9.17) is 9.47 Å². The quantitative estimate of drug-likeness (QED) is 0.574. The molecule has 0 saturated carbocycles. The Bertz CT molecular complexity index is 1000. The number of nitrogens with one attached hydrogen (secondary N) is 1. The van der Waals surface area contributed by atoms with E-state index in [0.29, 0.717) is 29.2 Å². The van der Waals surface area contributed by atoms with Crippen LogP contribution in [0.3, 0.4) is 0 Å². The SMILES string of the molecule is COc1cc2c(cc1OC)C(C(=O)NCCCN1CCC(C)CC1)C(c1cccs1)N(C)C2=O. The fourth-order valence-corrected chi connectivity index (χ4v) is 5.96. The van der Waals surface area contributed by atoms with E-state index in [-0.39, 0.29) is 17.9 Å². The number of carbonyl (C=O) groups is 2. The summed E-state index contributed by atoms with van der Waals surface area (Å²) in [6.45, 7) is 6.20. The van der Waals surface area contributed by atoms with Gasteiger partial charge in [-0.2, -0.15) is 0 Å². The van der Waals surface area contributed by atoms with Gasteiger partial charge >= 0.3 is 0 Å². The van der Waals surface area contributed by atoms with Crippen LogP contribution in [-0.4, -0.2) is 69.1 Å². The molecule has 0 bridgehead atoms. The maximum Gasteiger partial charge on any atom is 0.254 e. The molecule has 1 aromatic carbocycles. The molecule has 2 amide bonds. The van der Waals surface area contributed by atoms with Crippen LogP contribution in [-0.2, 0) is 4.79 Å². The Morgan fingerprint density at radius 3 is 2.53 bits per heavy atom. The van der Waals surface area contributed by atoms with Crippen molar-refractivity contribution in [3.05, 3.63) is 45.6 Å². The van der Waals surface area contributed by atoms with Crippen LogP contribution in [0, 0.1) is 5.92 Å². The minimum atomic E-state index is -0.535. The van der Waals surface area contributed by atoms with Crippen LogP contribution < -0.4 is 14.8 Å². The van der Waals surface area contributed by atoms with Gasteiger partial charge < -0.3 is 24.6 Å². The number of hydrogen-bond acceptors (Lipinski definition) is 6. The zero-order valence-corrected chi connectivity index (χ0v) is 21.3. The van der Waals surface area contributed by atoms with E-state index < -0.39 is 5.92 Å². The number of ether oxygens (including phenoxy) is 2. The highest BCUT2D eigenvalue weighted by Gasteiger charge is 2.44. The summed E-state index contributed by atoms with van der Waals surface area (Å²) >= 11 is 1.56. The van der Waals surface area contributed by atoms with Crippen LogP contribution in [0.5, 0.6) is 11.5 Å². The van der Waals surface area contributed by atoms with Crippen LogP contribution in [0.25, 0.3) is 0 Å². The molecule has 0 spiro atoms. The van der Waals surface area contributed by atoms with Crippen molar-refractivity contribution < 1.29 is 19.1 Å². The molecule has 0 radical (unpaired) electrons. The molecule has 1 saturated heterocycles. The summed E-state index contributed by atoms with van der Waals surface area (Å²) in [7, 11) is 4.88. The van der Waals surface area contributed by atoms with Crippen molar-refractivity contribution in [3.8, 4) is 11.5 Å². The molecule has 34 heavy (non-hydrogen) atoms. The van der Waals surface area contributed by atoms with Crippen LogP contribution in [0.4, 0.5) is 0 Å². The van der Waals surface area contributed by atoms with Crippen molar-refractivity contribution in [2.45, 2.75) is 38.1 Å². The Labute approximate surface area is 206 Å². The molecule has 0 aliphatic carbocycles. The first-order valence-corrected chi connectivity index (χ1v) is 12.9. The summed E-state index contributed by atoms with van der Waals surface area (Å²) in [6, 6.07) is 7.05. The average Bonchev–Trinajstić information content (AvgIpc) is 3.38. The van der Waals surface area contributed by atoms with E-state index in [0.717, 1.165) is 36.9 Å². The lowest BCUT2D eigenvalue weighted by Gasteiger charge is -2.39. The number of fused-ring (bicyclic) bond motifs is 1. The number of methoxy groups -OCH3 is 2. The standard InChI is InChI=1S/C26H35N3O4S/c1-17-8-12-29(13-9-17)11-6-10-27-25(30)23-18-15-20(32-3)21(33-4)16-19(18)26(31)28(2)24(23)22-7-5-14-34-22/h5,7,14-17,23-24H,6,8-13H2,1-4H3,(H,27,30). The third kappa shape index (κ3) is 4.93. The fraction of sp³-hybridized carbons (Fsp3) is 0.538. The molecule has 1 aromatic heterocycles. The van der Waals surface area contributed by atoms with Gasteiger partial charge in [0.1, 0.15) is 0 Å². The summed E-state index contributed by atoms with van der Waals surface area (Å²) in [5.74, 6) is 1.07. The molecule has 2 aliphatic rings. The van der Waals surface area contributed by atoms with Crippen molar-refractivity contribution in [1.82, 2.24) is 15.1 Å². The molecule has 2 unspecified atom stereocenters. The molecule has 4 rings (SSSR count). The number of nitrogens with zero attached hydrogens (tertiary/aromatic N) is 2. The lowest BCUT2D eigenvalue weighted by Crippen LogP contribution is -2.45. The van der Waals surface area contributed by atoms with Gasteiger partial charge in [-0.25, -0.2) is 0 Å². The van der Waals surface area contributed by atoms with Gasteiger partial charge in [0, 0.05) is 24.0 Å². The normalized spacial score (nSPS) is 21.3. The van der Waals surface area contributed by atoms with Crippen molar-refractivity contribution >= 4 is 23.2 Å². The van der Waals surface area contributed by atoms with Gasteiger partial charge in [-0.1, -0.05) is 13.0 Å². The first kappa shape index (κ1) is 24.5. The minimum Gasteiger partial charge on any atom is -0.493 e. The van der Waals surface area contributed by atoms with Crippen molar-refractivity contribution in [2.24, 2.45) is 5.92 Å². The Morgan fingerprint density at radius 1 is 1.18 bits per heavy atom. The Hall–Kier alpha value is -2.58. The number of benzene rings is 1. The lowest BCUT2D eigenvalue weighted by atomic mass is 9.81. The number of rotatable bonds is 8. The lowest BCUT2D eigenvalue weighted by molar-refractivity contribution is -0.124. The molecular formula is C26H35N3O4S. The topological polar surface area (TPSA) is 71.1 Å². The average molecular weight is 486 g/mol. The van der Waals surface area contributed by atoms with Crippen LogP contribution in [0.15, 0.2) is 29.6 Å². The zero-order valence-electron chi connectivity index (χ0n) is 20.5. The number of amides is 2. The first-order chi connectivity index (χ1) is 16.4. The van der Waals surface area contributed by atoms with Crippen LogP contribution >= 0.6 is 11.3 Å². The Morgan fingerprint density at radius 2 is 1.88 bits per heavy atom. The maximum atomic E-state index is 13.6. The molecule has 184 valence electrons. The summed E-state index contributed by atoms with van der Waals surface area (Å²) in [4.78, 5) is 32.1. The molecule has 8 heteroatoms. The smallest absolute Gasteiger partial charge is 0.254 e. The molecule has 2 aliphatic heterocycles. The predicted octanol–water partition coefficient (Wildman–Crippen LogP) is 3.91. The van der Waals surface area contributed by atoms with E-state index in [2.05, 4.69) is 17.1 Å². The third-order valence-electron chi connectivity index (χ3n) is 7.12. The van der Waals surface area contributed by atoms with Gasteiger partial charge in [-0.3, -0.25) is 9.59 Å². The first-order valence-electron chi connectivity index (χ1n) is 12.0. The van der Waals surface area contributed by atoms with Crippen molar-refractivity contribution in [2.75, 3.05) is 47.4 Å². The fourth-order valence-electron chi connectivity index (χ4n) is 5.06. The van der Waals surface area contributed by atoms with Crippen molar-refractivity contribution in [3.63, 3.8) is 0 Å². The molecule has 2 atom stereocenters. The summed E-state index contributed by atoms with van der Waals surface area (Å²) in [6.07, 6.45) is 3.41. The number of piperidine rings is 1. The van der Waals surface area contributed by atoms with E-state index >= 15 is 0 Å². The predicted molar refractivity (Wildman–Crippen MR) is 134 cm³/mol. The summed E-state index contributed by atoms with van der Waals surface area (Å²) < 4.78 is 10.9. The van der Waals surface area contributed by atoms with E-state index in [1.54, 1.807) is 49.6 Å². The molecule has 2 aromatic rings. The van der Waals surface area contributed by atoms with E-state index in [9.17, 15) is 9.59 Å². The van der Waals surface area contributed by atoms with Gasteiger partial charge in [-0.05, 0) is 74.0 Å². The maximum absolute atomic E-state index is 13.6. The number of likely N-dealkylation sites (N-methyl/N-ethyl adjacent to an activating group) is 1. The number of thiophene rings is 1. The minimum absolute atomic E-state index is 0.0708. The van der Waals surface area contributed by atoms with Gasteiger partial charge in [0.25, 0.3) is 5.91 Å². The summed E-state index contributed by atoms with van der Waals surface area (Å²) in [5.41, 5.74) is 1.16. The Balaban J connectivity index is 1.56. The number of carbonyl (C=O) groups excluding carboxylic acids is 2. The van der Waals surface area contributed by atoms with Gasteiger partial charge in [0.05, 0.1) is 26.2 Å². The molecule has 1 N–H and O–H groups in total. The monoisotopic (exact) mass is 485 g/mol.